The number of nitrogens with two attached hydrogens (primary N) is 1. The number of benzene rings is 2. The van der Waals surface area contributed by atoms with Crippen molar-refractivity contribution >= 4 is 17.0 Å². The molecule has 0 aliphatic rings. The highest BCUT2D eigenvalue weighted by atomic mass is 16.5. The number of aromatic nitrogens is 2. The van der Waals surface area contributed by atoms with Crippen LogP contribution in [0.1, 0.15) is 0 Å². The fraction of sp³-hybridized carbons (Fsp3) is 0.211. The second kappa shape index (κ2) is 7.19. The highest BCUT2D eigenvalue weighted by Gasteiger charge is 2.22. The highest BCUT2D eigenvalue weighted by molar-refractivity contribution is 5.73. The SMILES string of the molecule is C=CCn1c(N)[n+](CC(O)COc2ccccc2)c2ccccc21. The Morgan fingerprint density at radius 2 is 1.88 bits per heavy atom. The molecule has 0 radical (unpaired) electrons. The number of hydrogen-bond donors (Lipinski definition) is 2. The summed E-state index contributed by atoms with van der Waals surface area (Å²) in [5, 5.41) is 10.4. The number of aliphatic hydroxyl groups excluding tert-OH is 1. The Kier molecular flexibility index (Phi) is 4.82. The quantitative estimate of drug-likeness (QED) is 0.517. The van der Waals surface area contributed by atoms with Gasteiger partial charge in [-0.3, -0.25) is 5.73 Å². The molecule has 0 aliphatic carbocycles. The Balaban J connectivity index is 1.79. The lowest BCUT2D eigenvalue weighted by molar-refractivity contribution is -0.665. The van der Waals surface area contributed by atoms with Gasteiger partial charge in [0.15, 0.2) is 0 Å². The number of aliphatic hydroxyl groups is 1. The maximum absolute atomic E-state index is 10.4. The van der Waals surface area contributed by atoms with E-state index in [2.05, 4.69) is 6.58 Å². The first-order chi connectivity index (χ1) is 11.7. The van der Waals surface area contributed by atoms with Crippen LogP contribution in [0, 0.1) is 0 Å². The molecule has 3 rings (SSSR count). The zero-order valence-electron chi connectivity index (χ0n) is 13.5. The van der Waals surface area contributed by atoms with E-state index in [9.17, 15) is 5.11 Å². The molecule has 2 aromatic carbocycles. The van der Waals surface area contributed by atoms with E-state index >= 15 is 0 Å². The van der Waals surface area contributed by atoms with Crippen LogP contribution in [-0.2, 0) is 13.1 Å². The minimum atomic E-state index is -0.666. The van der Waals surface area contributed by atoms with Crippen molar-refractivity contribution in [1.82, 2.24) is 4.57 Å². The number of rotatable bonds is 7. The smallest absolute Gasteiger partial charge is 0.356 e. The maximum Gasteiger partial charge on any atom is 0.356 e. The van der Waals surface area contributed by atoms with Gasteiger partial charge in [-0.25, -0.2) is 9.13 Å². The Morgan fingerprint density at radius 3 is 2.62 bits per heavy atom. The lowest BCUT2D eigenvalue weighted by atomic mass is 10.3. The molecular formula is C19H22N3O2+. The number of allylic oxidation sites excluding steroid dienone is 1. The van der Waals surface area contributed by atoms with Gasteiger partial charge >= 0.3 is 5.95 Å². The number of ether oxygens (including phenoxy) is 1. The van der Waals surface area contributed by atoms with E-state index in [1.54, 1.807) is 0 Å². The van der Waals surface area contributed by atoms with Crippen LogP contribution in [0.15, 0.2) is 67.3 Å². The summed E-state index contributed by atoms with van der Waals surface area (Å²) in [6.07, 6.45) is 1.14. The summed E-state index contributed by atoms with van der Waals surface area (Å²) < 4.78 is 9.51. The fourth-order valence-electron chi connectivity index (χ4n) is 2.80. The summed E-state index contributed by atoms with van der Waals surface area (Å²) in [5.74, 6) is 1.33. The first-order valence-corrected chi connectivity index (χ1v) is 7.94. The lowest BCUT2D eigenvalue weighted by Crippen LogP contribution is -2.43. The second-order valence-electron chi connectivity index (χ2n) is 5.63. The molecule has 0 bridgehead atoms. The van der Waals surface area contributed by atoms with Crippen LogP contribution in [0.25, 0.3) is 11.0 Å². The summed E-state index contributed by atoms with van der Waals surface area (Å²) >= 11 is 0. The van der Waals surface area contributed by atoms with Crippen molar-refractivity contribution in [1.29, 1.82) is 0 Å². The molecule has 3 N–H and O–H groups in total. The third-order valence-electron chi connectivity index (χ3n) is 3.91. The largest absolute Gasteiger partial charge is 0.491 e. The van der Waals surface area contributed by atoms with E-state index in [0.29, 0.717) is 19.0 Å². The Bertz CT molecular complexity index is 827. The zero-order chi connectivity index (χ0) is 16.9. The van der Waals surface area contributed by atoms with Crippen LogP contribution in [-0.4, -0.2) is 22.4 Å². The summed E-state index contributed by atoms with van der Waals surface area (Å²) in [6.45, 7) is 4.97. The van der Waals surface area contributed by atoms with E-state index in [-0.39, 0.29) is 6.61 Å². The van der Waals surface area contributed by atoms with Crippen LogP contribution in [0.5, 0.6) is 5.75 Å². The van der Waals surface area contributed by atoms with E-state index in [4.69, 9.17) is 10.5 Å². The van der Waals surface area contributed by atoms with E-state index in [1.165, 1.54) is 0 Å². The van der Waals surface area contributed by atoms with Crippen LogP contribution in [0.4, 0.5) is 5.95 Å². The Labute approximate surface area is 141 Å². The van der Waals surface area contributed by atoms with E-state index in [1.807, 2.05) is 69.8 Å². The molecule has 0 spiro atoms. The molecule has 1 heterocycles. The van der Waals surface area contributed by atoms with Crippen molar-refractivity contribution in [3.05, 3.63) is 67.3 Å². The third kappa shape index (κ3) is 3.26. The standard InChI is InChI=1S/C19H21N3O2/c1-2-12-21-17-10-6-7-11-18(17)22(19(21)20)13-15(23)14-24-16-8-4-3-5-9-16/h2-11,15,20,23H,1,12-14H2/p+1. The van der Waals surface area contributed by atoms with E-state index in [0.717, 1.165) is 16.8 Å². The van der Waals surface area contributed by atoms with Crippen LogP contribution >= 0.6 is 0 Å². The molecule has 0 amide bonds. The lowest BCUT2D eigenvalue weighted by Gasteiger charge is -2.12. The molecule has 0 aliphatic heterocycles. The van der Waals surface area contributed by atoms with Gasteiger partial charge in [0.25, 0.3) is 0 Å². The molecule has 5 heteroatoms. The Hall–Kier alpha value is -2.79. The number of imidazole rings is 1. The molecule has 0 saturated heterocycles. The molecule has 124 valence electrons. The monoisotopic (exact) mass is 324 g/mol. The molecule has 0 saturated carbocycles. The van der Waals surface area contributed by atoms with Gasteiger partial charge in [-0.05, 0) is 24.3 Å². The molecule has 1 atom stereocenters. The predicted octanol–water partition coefficient (Wildman–Crippen LogP) is 2.14. The fourth-order valence-corrected chi connectivity index (χ4v) is 2.80. The summed E-state index contributed by atoms with van der Waals surface area (Å²) in [4.78, 5) is 0. The number of nitrogen functional groups attached to an aromatic ring is 1. The molecule has 1 aromatic heterocycles. The van der Waals surface area contributed by atoms with Gasteiger partial charge in [-0.1, -0.05) is 43.0 Å². The molecule has 3 aromatic rings. The van der Waals surface area contributed by atoms with Crippen molar-refractivity contribution in [3.63, 3.8) is 0 Å². The van der Waals surface area contributed by atoms with Gasteiger partial charge in [0.2, 0.25) is 0 Å². The zero-order valence-corrected chi connectivity index (χ0v) is 13.5. The van der Waals surface area contributed by atoms with Gasteiger partial charge in [-0.15, -0.1) is 0 Å². The minimum absolute atomic E-state index is 0.206. The van der Waals surface area contributed by atoms with Gasteiger partial charge in [0.05, 0.1) is 6.54 Å². The second-order valence-corrected chi connectivity index (χ2v) is 5.63. The van der Waals surface area contributed by atoms with E-state index < -0.39 is 6.10 Å². The molecule has 0 fully saturated rings. The topological polar surface area (TPSA) is 64.3 Å². The number of nitrogens with zero attached hydrogens (tertiary/aromatic N) is 2. The van der Waals surface area contributed by atoms with Gasteiger partial charge < -0.3 is 9.84 Å². The number of hydrogen-bond acceptors (Lipinski definition) is 3. The van der Waals surface area contributed by atoms with Crippen molar-refractivity contribution in [3.8, 4) is 5.75 Å². The maximum atomic E-state index is 10.4. The molecular weight excluding hydrogens is 302 g/mol. The normalized spacial score (nSPS) is 12.2. The van der Waals surface area contributed by atoms with Crippen LogP contribution in [0.2, 0.25) is 0 Å². The molecule has 1 unspecified atom stereocenters. The summed E-state index contributed by atoms with van der Waals surface area (Å²) in [7, 11) is 0. The van der Waals surface area contributed by atoms with Crippen molar-refractivity contribution in [2.75, 3.05) is 12.3 Å². The van der Waals surface area contributed by atoms with Gasteiger partial charge in [0, 0.05) is 0 Å². The number of anilines is 1. The number of para-hydroxylation sites is 3. The van der Waals surface area contributed by atoms with Crippen molar-refractivity contribution < 1.29 is 14.4 Å². The van der Waals surface area contributed by atoms with Crippen LogP contribution in [0.3, 0.4) is 0 Å². The Morgan fingerprint density at radius 1 is 1.17 bits per heavy atom. The highest BCUT2D eigenvalue weighted by Crippen LogP contribution is 2.16. The molecule has 5 nitrogen and oxygen atoms in total. The average molecular weight is 324 g/mol. The summed E-state index contributed by atoms with van der Waals surface area (Å²) in [5.41, 5.74) is 8.29. The van der Waals surface area contributed by atoms with Gasteiger partial charge in [-0.2, -0.15) is 0 Å². The van der Waals surface area contributed by atoms with Crippen LogP contribution < -0.4 is 15.0 Å². The average Bonchev–Trinajstić information content (AvgIpc) is 2.87. The first-order valence-electron chi connectivity index (χ1n) is 7.94. The predicted molar refractivity (Wildman–Crippen MR) is 94.7 cm³/mol. The van der Waals surface area contributed by atoms with Crippen molar-refractivity contribution in [2.24, 2.45) is 0 Å². The first kappa shape index (κ1) is 16.1. The minimum Gasteiger partial charge on any atom is -0.491 e. The summed E-state index contributed by atoms with van der Waals surface area (Å²) in [6, 6.07) is 17.4. The molecule has 24 heavy (non-hydrogen) atoms. The van der Waals surface area contributed by atoms with Gasteiger partial charge in [0.1, 0.15) is 36.0 Å². The number of fused-ring (bicyclic) bond motifs is 1. The third-order valence-corrected chi connectivity index (χ3v) is 3.91. The van der Waals surface area contributed by atoms with Crippen molar-refractivity contribution in [2.45, 2.75) is 19.2 Å².